The fourth-order valence-corrected chi connectivity index (χ4v) is 1.58. The van der Waals surface area contributed by atoms with E-state index in [1.54, 1.807) is 24.3 Å². The number of hydrogen-bond donors (Lipinski definition) is 1. The molecule has 1 atom stereocenters. The zero-order valence-electron chi connectivity index (χ0n) is 9.22. The molecule has 0 saturated heterocycles. The summed E-state index contributed by atoms with van der Waals surface area (Å²) >= 11 is 0. The lowest BCUT2D eigenvalue weighted by molar-refractivity contribution is -0.206. The van der Waals surface area contributed by atoms with Gasteiger partial charge in [-0.25, -0.2) is 0 Å². The second-order valence-corrected chi connectivity index (χ2v) is 3.82. The average molecular weight is 253 g/mol. The highest BCUT2D eigenvalue weighted by Gasteiger charge is 2.39. The molecule has 2 aromatic rings. The maximum absolute atomic E-state index is 12.4. The van der Waals surface area contributed by atoms with E-state index in [0.717, 1.165) is 11.8 Å². The van der Waals surface area contributed by atoms with E-state index < -0.39 is 12.3 Å². The summed E-state index contributed by atoms with van der Waals surface area (Å²) in [6, 6.07) is 10.2. The standard InChI is InChI=1S/C13H10F3NO/c14-13(15,16)12(18)11-6-10(7-17-8-11)9-4-2-1-3-5-9/h1-8,12,18H. The van der Waals surface area contributed by atoms with Crippen molar-refractivity contribution in [3.05, 3.63) is 54.4 Å². The van der Waals surface area contributed by atoms with Crippen molar-refractivity contribution >= 4 is 0 Å². The summed E-state index contributed by atoms with van der Waals surface area (Å²) in [6.07, 6.45) is -4.71. The maximum Gasteiger partial charge on any atom is 0.418 e. The molecular formula is C13H10F3NO. The molecular weight excluding hydrogens is 243 g/mol. The van der Waals surface area contributed by atoms with Gasteiger partial charge in [-0.3, -0.25) is 4.98 Å². The highest BCUT2D eigenvalue weighted by atomic mass is 19.4. The Morgan fingerprint density at radius 1 is 1.00 bits per heavy atom. The van der Waals surface area contributed by atoms with Crippen LogP contribution in [0.3, 0.4) is 0 Å². The summed E-state index contributed by atoms with van der Waals surface area (Å²) < 4.78 is 37.2. The first-order valence-corrected chi connectivity index (χ1v) is 5.23. The number of pyridine rings is 1. The second-order valence-electron chi connectivity index (χ2n) is 3.82. The zero-order chi connectivity index (χ0) is 13.2. The summed E-state index contributed by atoms with van der Waals surface area (Å²) in [7, 11) is 0. The summed E-state index contributed by atoms with van der Waals surface area (Å²) in [4.78, 5) is 3.74. The van der Waals surface area contributed by atoms with E-state index in [1.165, 1.54) is 12.3 Å². The van der Waals surface area contributed by atoms with Gasteiger partial charge >= 0.3 is 6.18 Å². The molecule has 2 rings (SSSR count). The van der Waals surface area contributed by atoms with Crippen LogP contribution in [0.4, 0.5) is 13.2 Å². The molecule has 2 nitrogen and oxygen atoms in total. The third-order valence-corrected chi connectivity index (χ3v) is 2.49. The third-order valence-electron chi connectivity index (χ3n) is 2.49. The van der Waals surface area contributed by atoms with Gasteiger partial charge in [0, 0.05) is 23.5 Å². The van der Waals surface area contributed by atoms with Crippen molar-refractivity contribution in [1.82, 2.24) is 4.98 Å². The van der Waals surface area contributed by atoms with E-state index >= 15 is 0 Å². The van der Waals surface area contributed by atoms with Crippen LogP contribution in [-0.4, -0.2) is 16.3 Å². The Bertz CT molecular complexity index is 525. The van der Waals surface area contributed by atoms with Gasteiger partial charge in [-0.2, -0.15) is 13.2 Å². The van der Waals surface area contributed by atoms with E-state index in [2.05, 4.69) is 4.98 Å². The highest BCUT2D eigenvalue weighted by Crippen LogP contribution is 2.33. The number of nitrogens with zero attached hydrogens (tertiary/aromatic N) is 1. The normalized spacial score (nSPS) is 13.3. The van der Waals surface area contributed by atoms with Crippen molar-refractivity contribution in [2.45, 2.75) is 12.3 Å². The van der Waals surface area contributed by atoms with Crippen LogP contribution in [0.1, 0.15) is 11.7 Å². The number of benzene rings is 1. The quantitative estimate of drug-likeness (QED) is 0.890. The van der Waals surface area contributed by atoms with Crippen molar-refractivity contribution in [1.29, 1.82) is 0 Å². The fraction of sp³-hybridized carbons (Fsp3) is 0.154. The summed E-state index contributed by atoms with van der Waals surface area (Å²) in [6.45, 7) is 0. The van der Waals surface area contributed by atoms with Crippen LogP contribution in [0.2, 0.25) is 0 Å². The van der Waals surface area contributed by atoms with Crippen LogP contribution in [-0.2, 0) is 0 Å². The molecule has 18 heavy (non-hydrogen) atoms. The Morgan fingerprint density at radius 2 is 1.67 bits per heavy atom. The molecule has 0 aliphatic carbocycles. The van der Waals surface area contributed by atoms with Gasteiger partial charge in [-0.15, -0.1) is 0 Å². The van der Waals surface area contributed by atoms with Gasteiger partial charge in [0.2, 0.25) is 0 Å². The lowest BCUT2D eigenvalue weighted by atomic mass is 10.0. The molecule has 1 aromatic carbocycles. The summed E-state index contributed by atoms with van der Waals surface area (Å²) in [5.74, 6) is 0. The van der Waals surface area contributed by atoms with Gasteiger partial charge in [-0.1, -0.05) is 30.3 Å². The molecule has 1 N–H and O–H groups in total. The van der Waals surface area contributed by atoms with Crippen molar-refractivity contribution < 1.29 is 18.3 Å². The van der Waals surface area contributed by atoms with Crippen molar-refractivity contribution in [2.24, 2.45) is 0 Å². The number of aliphatic hydroxyl groups is 1. The Kier molecular flexibility index (Phi) is 3.34. The fourth-order valence-electron chi connectivity index (χ4n) is 1.58. The van der Waals surface area contributed by atoms with E-state index in [9.17, 15) is 13.2 Å². The maximum atomic E-state index is 12.4. The molecule has 0 fully saturated rings. The Labute approximate surface area is 102 Å². The van der Waals surface area contributed by atoms with Crippen molar-refractivity contribution in [3.8, 4) is 11.1 Å². The van der Waals surface area contributed by atoms with Crippen LogP contribution >= 0.6 is 0 Å². The number of rotatable bonds is 2. The minimum atomic E-state index is -4.68. The summed E-state index contributed by atoms with van der Waals surface area (Å²) in [5, 5.41) is 9.16. The lowest BCUT2D eigenvalue weighted by Crippen LogP contribution is -2.20. The van der Waals surface area contributed by atoms with Crippen LogP contribution < -0.4 is 0 Å². The third kappa shape index (κ3) is 2.68. The minimum Gasteiger partial charge on any atom is -0.379 e. The number of aliphatic hydroxyl groups excluding tert-OH is 1. The smallest absolute Gasteiger partial charge is 0.379 e. The molecule has 0 amide bonds. The number of hydrogen-bond acceptors (Lipinski definition) is 2. The second kappa shape index (κ2) is 4.78. The van der Waals surface area contributed by atoms with Gasteiger partial charge in [0.25, 0.3) is 0 Å². The topological polar surface area (TPSA) is 33.1 Å². The SMILES string of the molecule is OC(c1cncc(-c2ccccc2)c1)C(F)(F)F. The molecule has 5 heteroatoms. The first-order valence-electron chi connectivity index (χ1n) is 5.23. The molecule has 1 heterocycles. The molecule has 1 unspecified atom stereocenters. The predicted octanol–water partition coefficient (Wildman–Crippen LogP) is 3.34. The zero-order valence-corrected chi connectivity index (χ0v) is 9.22. The first kappa shape index (κ1) is 12.6. The van der Waals surface area contributed by atoms with Gasteiger partial charge in [-0.05, 0) is 11.6 Å². The molecule has 0 aliphatic rings. The number of halogens is 3. The van der Waals surface area contributed by atoms with E-state index in [1.807, 2.05) is 6.07 Å². The molecule has 0 radical (unpaired) electrons. The monoisotopic (exact) mass is 253 g/mol. The van der Waals surface area contributed by atoms with Gasteiger partial charge < -0.3 is 5.11 Å². The van der Waals surface area contributed by atoms with Gasteiger partial charge in [0.1, 0.15) is 0 Å². The Morgan fingerprint density at radius 3 is 2.28 bits per heavy atom. The molecule has 0 aliphatic heterocycles. The number of alkyl halides is 3. The average Bonchev–Trinajstić information content (AvgIpc) is 2.38. The first-order chi connectivity index (χ1) is 8.48. The van der Waals surface area contributed by atoms with E-state index in [0.29, 0.717) is 5.56 Å². The molecule has 94 valence electrons. The Hall–Kier alpha value is -1.88. The largest absolute Gasteiger partial charge is 0.418 e. The Balaban J connectivity index is 2.37. The minimum absolute atomic E-state index is 0.260. The van der Waals surface area contributed by atoms with Crippen LogP contribution in [0.5, 0.6) is 0 Å². The highest BCUT2D eigenvalue weighted by molar-refractivity contribution is 5.62. The van der Waals surface area contributed by atoms with Gasteiger partial charge in [0.05, 0.1) is 0 Å². The number of aromatic nitrogens is 1. The van der Waals surface area contributed by atoms with E-state index in [4.69, 9.17) is 5.11 Å². The molecule has 0 spiro atoms. The molecule has 1 aromatic heterocycles. The lowest BCUT2D eigenvalue weighted by Gasteiger charge is -2.15. The van der Waals surface area contributed by atoms with Crippen LogP contribution in [0.25, 0.3) is 11.1 Å². The predicted molar refractivity (Wildman–Crippen MR) is 60.7 cm³/mol. The van der Waals surface area contributed by atoms with Crippen molar-refractivity contribution in [2.75, 3.05) is 0 Å². The van der Waals surface area contributed by atoms with Crippen LogP contribution in [0.15, 0.2) is 48.8 Å². The van der Waals surface area contributed by atoms with Gasteiger partial charge in [0.15, 0.2) is 6.10 Å². The summed E-state index contributed by atoms with van der Waals surface area (Å²) in [5.41, 5.74) is 1.03. The van der Waals surface area contributed by atoms with Crippen LogP contribution in [0, 0.1) is 0 Å². The molecule has 0 bridgehead atoms. The van der Waals surface area contributed by atoms with Crippen molar-refractivity contribution in [3.63, 3.8) is 0 Å². The molecule has 0 saturated carbocycles. The van der Waals surface area contributed by atoms with E-state index in [-0.39, 0.29) is 5.56 Å².